The fourth-order valence-electron chi connectivity index (χ4n) is 6.17. The number of fused-ring (bicyclic) bond motifs is 3. The number of carbonyl (C=O) groups is 2. The lowest BCUT2D eigenvalue weighted by molar-refractivity contribution is -0.169. The van der Waals surface area contributed by atoms with Crippen molar-refractivity contribution in [2.24, 2.45) is 4.36 Å². The number of thiazole rings is 1. The summed E-state index contributed by atoms with van der Waals surface area (Å²) in [7, 11) is -1.98. The first-order valence-corrected chi connectivity index (χ1v) is 19.1. The summed E-state index contributed by atoms with van der Waals surface area (Å²) in [6.45, 7) is 4.88. The lowest BCUT2D eigenvalue weighted by Gasteiger charge is -2.24. The molecule has 9 nitrogen and oxygen atoms in total. The maximum absolute atomic E-state index is 14.6. The van der Waals surface area contributed by atoms with Gasteiger partial charge in [-0.2, -0.15) is 17.5 Å². The van der Waals surface area contributed by atoms with E-state index in [0.717, 1.165) is 20.7 Å². The van der Waals surface area contributed by atoms with E-state index in [0.29, 0.717) is 63.7 Å². The van der Waals surface area contributed by atoms with Crippen molar-refractivity contribution < 1.29 is 40.8 Å². The quantitative estimate of drug-likeness (QED) is 0.0913. The molecule has 0 aliphatic carbocycles. The van der Waals surface area contributed by atoms with Crippen molar-refractivity contribution in [1.29, 1.82) is 0 Å². The number of alkyl halides is 3. The fourth-order valence-corrected chi connectivity index (χ4v) is 10.4. The van der Waals surface area contributed by atoms with Crippen molar-refractivity contribution in [2.45, 2.75) is 30.6 Å². The molecule has 7 rings (SSSR count). The highest BCUT2D eigenvalue weighted by molar-refractivity contribution is 7.92. The molecular formula is C35H28F4N4O5S3. The maximum atomic E-state index is 14.6. The van der Waals surface area contributed by atoms with E-state index in [1.54, 1.807) is 29.2 Å². The summed E-state index contributed by atoms with van der Waals surface area (Å²) in [5, 5.41) is 3.21. The van der Waals surface area contributed by atoms with Gasteiger partial charge in [0.2, 0.25) is 5.91 Å². The number of carbonyl (C=O) groups excluding carboxylic acids is 2. The molecule has 0 bridgehead atoms. The average Bonchev–Trinajstić information content (AvgIpc) is 3.83. The van der Waals surface area contributed by atoms with Gasteiger partial charge in [-0.15, -0.1) is 22.7 Å². The molecule has 2 aliphatic rings. The average molecular weight is 757 g/mol. The Labute approximate surface area is 297 Å². The molecule has 5 aromatic rings. The van der Waals surface area contributed by atoms with E-state index in [2.05, 4.69) is 10.9 Å². The summed E-state index contributed by atoms with van der Waals surface area (Å²) in [5.41, 5.74) is 4.76. The Kier molecular flexibility index (Phi) is 9.28. The first-order valence-electron chi connectivity index (χ1n) is 15.6. The zero-order valence-corrected chi connectivity index (χ0v) is 29.4. The summed E-state index contributed by atoms with van der Waals surface area (Å²) < 4.78 is 81.9. The predicted molar refractivity (Wildman–Crippen MR) is 187 cm³/mol. The summed E-state index contributed by atoms with van der Waals surface area (Å²) in [4.78, 5) is 36.8. The van der Waals surface area contributed by atoms with Crippen molar-refractivity contribution in [3.63, 3.8) is 0 Å². The molecule has 2 amide bonds. The van der Waals surface area contributed by atoms with Gasteiger partial charge in [-0.1, -0.05) is 18.7 Å². The number of rotatable bonds is 8. The molecule has 0 fully saturated rings. The van der Waals surface area contributed by atoms with E-state index in [9.17, 15) is 31.4 Å². The Morgan fingerprint density at radius 2 is 1.88 bits per heavy atom. The van der Waals surface area contributed by atoms with Crippen LogP contribution in [0.4, 0.5) is 17.6 Å². The zero-order chi connectivity index (χ0) is 36.1. The minimum Gasteiger partial charge on any atom is -0.490 e. The fraction of sp³-hybridized carbons (Fsp3) is 0.257. The highest BCUT2D eigenvalue weighted by Gasteiger charge is 2.40. The molecule has 16 heteroatoms. The normalized spacial score (nSPS) is 16.9. The third kappa shape index (κ3) is 6.80. The van der Waals surface area contributed by atoms with Gasteiger partial charge < -0.3 is 14.4 Å². The smallest absolute Gasteiger partial charge is 0.474 e. The van der Waals surface area contributed by atoms with Crippen LogP contribution in [0.25, 0.3) is 43.2 Å². The summed E-state index contributed by atoms with van der Waals surface area (Å²) in [6, 6.07) is 11.3. The van der Waals surface area contributed by atoms with Crippen LogP contribution in [0.15, 0.2) is 64.9 Å². The molecule has 3 aromatic heterocycles. The highest BCUT2D eigenvalue weighted by Crippen LogP contribution is 2.48. The number of methoxy groups -OCH3 is 1. The van der Waals surface area contributed by atoms with Gasteiger partial charge in [0.1, 0.15) is 28.9 Å². The molecule has 0 saturated carbocycles. The maximum Gasteiger partial charge on any atom is 0.474 e. The largest absolute Gasteiger partial charge is 0.490 e. The van der Waals surface area contributed by atoms with E-state index in [1.165, 1.54) is 48.0 Å². The Morgan fingerprint density at radius 1 is 1.08 bits per heavy atom. The van der Waals surface area contributed by atoms with E-state index >= 15 is 0 Å². The minimum absolute atomic E-state index is 0.166. The van der Waals surface area contributed by atoms with Crippen LogP contribution in [0.1, 0.15) is 21.7 Å². The molecule has 0 spiro atoms. The first-order chi connectivity index (χ1) is 24.4. The predicted octanol–water partition coefficient (Wildman–Crippen LogP) is 7.56. The van der Waals surface area contributed by atoms with Gasteiger partial charge in [0.05, 0.1) is 45.8 Å². The number of benzene rings is 2. The van der Waals surface area contributed by atoms with Crippen LogP contribution >= 0.6 is 22.7 Å². The topological polar surface area (TPSA) is 111 Å². The number of hydrogen-bond acceptors (Lipinski definition) is 9. The second-order valence-electron chi connectivity index (χ2n) is 11.9. The number of amides is 2. The molecular weight excluding hydrogens is 729 g/mol. The van der Waals surface area contributed by atoms with Crippen molar-refractivity contribution in [1.82, 2.24) is 14.9 Å². The van der Waals surface area contributed by atoms with E-state index in [4.69, 9.17) is 19.4 Å². The van der Waals surface area contributed by atoms with E-state index < -0.39 is 27.6 Å². The molecule has 51 heavy (non-hydrogen) atoms. The van der Waals surface area contributed by atoms with Crippen LogP contribution in [0.3, 0.4) is 0 Å². The number of nitrogens with zero attached hydrogens (tertiary/aromatic N) is 4. The molecule has 264 valence electrons. The van der Waals surface area contributed by atoms with Gasteiger partial charge in [-0.05, 0) is 46.8 Å². The van der Waals surface area contributed by atoms with Gasteiger partial charge in [0.15, 0.2) is 0 Å². The van der Waals surface area contributed by atoms with Crippen molar-refractivity contribution in [3.05, 3.63) is 88.0 Å². The van der Waals surface area contributed by atoms with Crippen LogP contribution in [0, 0.1) is 5.82 Å². The van der Waals surface area contributed by atoms with Crippen LogP contribution in [-0.2, 0) is 48.5 Å². The van der Waals surface area contributed by atoms with Crippen LogP contribution in [0.2, 0.25) is 0 Å². The molecule has 1 unspecified atom stereocenters. The van der Waals surface area contributed by atoms with Crippen LogP contribution in [0.5, 0.6) is 5.75 Å². The third-order valence-corrected chi connectivity index (χ3v) is 12.6. The minimum atomic E-state index is -5.22. The second-order valence-corrected chi connectivity index (χ2v) is 16.2. The number of hydrogen-bond donors (Lipinski definition) is 0. The van der Waals surface area contributed by atoms with Crippen molar-refractivity contribution in [3.8, 4) is 38.8 Å². The van der Waals surface area contributed by atoms with E-state index in [-0.39, 0.29) is 36.4 Å². The van der Waals surface area contributed by atoms with Crippen molar-refractivity contribution in [2.75, 3.05) is 26.9 Å². The van der Waals surface area contributed by atoms with Gasteiger partial charge in [-0.25, -0.2) is 18.6 Å². The Morgan fingerprint density at radius 3 is 2.65 bits per heavy atom. The van der Waals surface area contributed by atoms with Crippen LogP contribution < -0.4 is 4.74 Å². The summed E-state index contributed by atoms with van der Waals surface area (Å²) in [6.07, 6.45) is -3.41. The molecule has 2 aromatic carbocycles. The molecule has 0 saturated heterocycles. The number of thiophene rings is 1. The van der Waals surface area contributed by atoms with Gasteiger partial charge in [-0.3, -0.25) is 9.59 Å². The van der Waals surface area contributed by atoms with E-state index in [1.807, 2.05) is 11.4 Å². The summed E-state index contributed by atoms with van der Waals surface area (Å²) >= 11 is 2.83. The number of aromatic nitrogens is 2. The van der Waals surface area contributed by atoms with Gasteiger partial charge in [0, 0.05) is 57.8 Å². The Bertz CT molecular complexity index is 2360. The third-order valence-electron chi connectivity index (χ3n) is 8.52. The van der Waals surface area contributed by atoms with Gasteiger partial charge >= 0.3 is 12.1 Å². The number of ether oxygens (including phenoxy) is 2. The first kappa shape index (κ1) is 34.9. The monoisotopic (exact) mass is 756 g/mol. The standard InChI is InChI=1S/C35H28F4N4O5S3/c1-3-28(44)43-10-8-25-27(16-43)50-33(40-25)31-29(23-7-6-22(36)15-26(23)48-12-11-47-2)32-24(9-13-49-32)30(41-31)19-4-5-20-17-51(46,18-21(20)14-19)42-34(45)35(37,38)39/h3-7,9,13-15H,1,8,10-12,16-18H2,2H3. The molecule has 0 N–H and O–H groups in total. The number of halogens is 4. The van der Waals surface area contributed by atoms with Crippen LogP contribution in [-0.4, -0.2) is 63.9 Å². The molecule has 1 atom stereocenters. The Balaban J connectivity index is 1.40. The Hall–Kier alpha value is -4.51. The highest BCUT2D eigenvalue weighted by atomic mass is 32.2. The van der Waals surface area contributed by atoms with Gasteiger partial charge in [0.25, 0.3) is 0 Å². The molecule has 5 heterocycles. The number of pyridine rings is 1. The molecule has 0 radical (unpaired) electrons. The zero-order valence-electron chi connectivity index (χ0n) is 26.9. The summed E-state index contributed by atoms with van der Waals surface area (Å²) in [5.74, 6) is -3.34. The second kappa shape index (κ2) is 13.6. The molecule has 2 aliphatic heterocycles. The van der Waals surface area contributed by atoms with Crippen molar-refractivity contribution >= 4 is 54.3 Å². The SMILES string of the molecule is C=CC(=O)N1CCc2nc(-c3nc(-c4ccc5c(c4)CS(=O)(=NC(=O)C(F)(F)F)C5)c4ccsc4c3-c3ccc(F)cc3OCCOC)sc2C1. The lowest BCUT2D eigenvalue weighted by atomic mass is 9.97. The lowest BCUT2D eigenvalue weighted by Crippen LogP contribution is -2.34.